The van der Waals surface area contributed by atoms with E-state index in [1.54, 1.807) is 53.4 Å². The molecule has 0 aromatic heterocycles. The van der Waals surface area contributed by atoms with E-state index >= 15 is 0 Å². The fraction of sp³-hybridized carbons (Fsp3) is 0.316. The van der Waals surface area contributed by atoms with Crippen LogP contribution in [-0.4, -0.2) is 56.3 Å². The first kappa shape index (κ1) is 19.7. The Hall–Kier alpha value is -2.09. The zero-order valence-electron chi connectivity index (χ0n) is 15.0. The van der Waals surface area contributed by atoms with E-state index in [1.807, 2.05) is 6.92 Å². The van der Waals surface area contributed by atoms with Gasteiger partial charge in [-0.05, 0) is 42.8 Å². The van der Waals surface area contributed by atoms with Crippen LogP contribution in [-0.2, 0) is 14.8 Å². The number of ether oxygens (including phenoxy) is 1. The van der Waals surface area contributed by atoms with Crippen LogP contribution in [0.15, 0.2) is 53.4 Å². The van der Waals surface area contributed by atoms with Crippen LogP contribution in [0.1, 0.15) is 5.56 Å². The molecule has 1 heterocycles. The minimum atomic E-state index is -3.52. The Bertz CT molecular complexity index is 911. The summed E-state index contributed by atoms with van der Waals surface area (Å²) in [5.41, 5.74) is 0.876. The summed E-state index contributed by atoms with van der Waals surface area (Å²) >= 11 is 5.98. The van der Waals surface area contributed by atoms with Crippen molar-refractivity contribution in [2.45, 2.75) is 11.8 Å². The molecule has 1 amide bonds. The Kier molecular flexibility index (Phi) is 6.04. The van der Waals surface area contributed by atoms with Crippen LogP contribution < -0.4 is 4.74 Å². The lowest BCUT2D eigenvalue weighted by molar-refractivity contribution is -0.134. The zero-order chi connectivity index (χ0) is 19.4. The van der Waals surface area contributed by atoms with Gasteiger partial charge in [-0.1, -0.05) is 29.8 Å². The molecule has 0 bridgehead atoms. The first-order chi connectivity index (χ1) is 12.9. The predicted molar refractivity (Wildman–Crippen MR) is 103 cm³/mol. The number of aryl methyl sites for hydroxylation is 1. The summed E-state index contributed by atoms with van der Waals surface area (Å²) < 4.78 is 32.2. The number of halogens is 1. The Labute approximate surface area is 164 Å². The standard InChI is InChI=1S/C19H21ClN2O4S/c1-15-13-16(7-8-18(15)20)26-14-19(23)21-9-11-22(12-10-21)27(24,25)17-5-3-2-4-6-17/h2-8,13H,9-12,14H2,1H3. The number of amides is 1. The summed E-state index contributed by atoms with van der Waals surface area (Å²) in [6.07, 6.45) is 0. The molecule has 144 valence electrons. The fourth-order valence-electron chi connectivity index (χ4n) is 2.86. The Balaban J connectivity index is 1.54. The SMILES string of the molecule is Cc1cc(OCC(=O)N2CCN(S(=O)(=O)c3ccccc3)CC2)ccc1Cl. The third-order valence-corrected chi connectivity index (χ3v) is 6.80. The minimum absolute atomic E-state index is 0.0908. The summed E-state index contributed by atoms with van der Waals surface area (Å²) in [7, 11) is -3.52. The Morgan fingerprint density at radius 2 is 1.74 bits per heavy atom. The second-order valence-corrected chi connectivity index (χ2v) is 8.64. The molecule has 1 saturated heterocycles. The second kappa shape index (κ2) is 8.29. The molecular weight excluding hydrogens is 388 g/mol. The van der Waals surface area contributed by atoms with E-state index in [0.717, 1.165) is 5.56 Å². The lowest BCUT2D eigenvalue weighted by Gasteiger charge is -2.34. The van der Waals surface area contributed by atoms with Crippen molar-refractivity contribution in [2.75, 3.05) is 32.8 Å². The Morgan fingerprint density at radius 1 is 1.07 bits per heavy atom. The van der Waals surface area contributed by atoms with Gasteiger partial charge in [0.05, 0.1) is 4.90 Å². The van der Waals surface area contributed by atoms with Crippen LogP contribution in [0.4, 0.5) is 0 Å². The fourth-order valence-corrected chi connectivity index (χ4v) is 4.42. The lowest BCUT2D eigenvalue weighted by atomic mass is 10.2. The highest BCUT2D eigenvalue weighted by molar-refractivity contribution is 7.89. The number of hydrogen-bond donors (Lipinski definition) is 0. The highest BCUT2D eigenvalue weighted by Gasteiger charge is 2.30. The molecule has 0 radical (unpaired) electrons. The molecule has 27 heavy (non-hydrogen) atoms. The average Bonchev–Trinajstić information content (AvgIpc) is 2.69. The molecule has 1 aliphatic heterocycles. The zero-order valence-corrected chi connectivity index (χ0v) is 16.5. The van der Waals surface area contributed by atoms with Crippen LogP contribution in [0.2, 0.25) is 5.02 Å². The summed E-state index contributed by atoms with van der Waals surface area (Å²) in [6.45, 7) is 2.99. The van der Waals surface area contributed by atoms with Gasteiger partial charge in [0.1, 0.15) is 5.75 Å². The largest absolute Gasteiger partial charge is 0.484 e. The van der Waals surface area contributed by atoms with Crippen LogP contribution in [0.5, 0.6) is 5.75 Å². The molecule has 3 rings (SSSR count). The number of carbonyl (C=O) groups is 1. The van der Waals surface area contributed by atoms with Crippen molar-refractivity contribution in [3.8, 4) is 5.75 Å². The number of rotatable bonds is 5. The van der Waals surface area contributed by atoms with E-state index in [0.29, 0.717) is 23.9 Å². The maximum Gasteiger partial charge on any atom is 0.260 e. The molecule has 0 N–H and O–H groups in total. The third kappa shape index (κ3) is 4.61. The molecule has 6 nitrogen and oxygen atoms in total. The number of benzene rings is 2. The van der Waals surface area contributed by atoms with Gasteiger partial charge in [0.15, 0.2) is 6.61 Å². The van der Waals surface area contributed by atoms with Gasteiger partial charge >= 0.3 is 0 Å². The van der Waals surface area contributed by atoms with Gasteiger partial charge in [-0.3, -0.25) is 4.79 Å². The van der Waals surface area contributed by atoms with Crippen LogP contribution in [0, 0.1) is 6.92 Å². The van der Waals surface area contributed by atoms with Crippen LogP contribution >= 0.6 is 11.6 Å². The number of nitrogens with zero attached hydrogens (tertiary/aromatic N) is 2. The average molecular weight is 409 g/mol. The molecule has 0 aliphatic carbocycles. The molecule has 0 atom stereocenters. The van der Waals surface area contributed by atoms with E-state index in [9.17, 15) is 13.2 Å². The molecule has 2 aromatic carbocycles. The van der Waals surface area contributed by atoms with Gasteiger partial charge < -0.3 is 9.64 Å². The topological polar surface area (TPSA) is 66.9 Å². The molecule has 0 spiro atoms. The number of piperazine rings is 1. The van der Waals surface area contributed by atoms with Gasteiger partial charge in [-0.15, -0.1) is 0 Å². The van der Waals surface area contributed by atoms with E-state index in [1.165, 1.54) is 4.31 Å². The predicted octanol–water partition coefficient (Wildman–Crippen LogP) is 2.56. The van der Waals surface area contributed by atoms with Crippen molar-refractivity contribution in [1.29, 1.82) is 0 Å². The molecule has 0 unspecified atom stereocenters. The van der Waals surface area contributed by atoms with E-state index < -0.39 is 10.0 Å². The van der Waals surface area contributed by atoms with Crippen molar-refractivity contribution in [3.63, 3.8) is 0 Å². The van der Waals surface area contributed by atoms with Crippen molar-refractivity contribution < 1.29 is 17.9 Å². The first-order valence-electron chi connectivity index (χ1n) is 8.60. The first-order valence-corrected chi connectivity index (χ1v) is 10.4. The molecule has 1 aliphatic rings. The molecule has 8 heteroatoms. The van der Waals surface area contributed by atoms with Crippen molar-refractivity contribution in [1.82, 2.24) is 9.21 Å². The smallest absolute Gasteiger partial charge is 0.260 e. The molecule has 2 aromatic rings. The highest BCUT2D eigenvalue weighted by atomic mass is 35.5. The van der Waals surface area contributed by atoms with E-state index in [4.69, 9.17) is 16.3 Å². The second-order valence-electron chi connectivity index (χ2n) is 6.30. The van der Waals surface area contributed by atoms with Gasteiger partial charge in [0.2, 0.25) is 10.0 Å². The van der Waals surface area contributed by atoms with Crippen LogP contribution in [0.3, 0.4) is 0 Å². The van der Waals surface area contributed by atoms with E-state index in [2.05, 4.69) is 0 Å². The summed E-state index contributed by atoms with van der Waals surface area (Å²) in [6, 6.07) is 13.5. The van der Waals surface area contributed by atoms with Crippen molar-refractivity contribution in [3.05, 3.63) is 59.1 Å². The van der Waals surface area contributed by atoms with Gasteiger partial charge in [0, 0.05) is 31.2 Å². The quantitative estimate of drug-likeness (QED) is 0.762. The number of hydrogen-bond acceptors (Lipinski definition) is 4. The maximum absolute atomic E-state index is 12.6. The number of carbonyl (C=O) groups excluding carboxylic acids is 1. The lowest BCUT2D eigenvalue weighted by Crippen LogP contribution is -2.51. The van der Waals surface area contributed by atoms with E-state index in [-0.39, 0.29) is 30.5 Å². The number of sulfonamides is 1. The monoisotopic (exact) mass is 408 g/mol. The molecule has 1 fully saturated rings. The van der Waals surface area contributed by atoms with Crippen molar-refractivity contribution in [2.24, 2.45) is 0 Å². The molecule has 0 saturated carbocycles. The highest BCUT2D eigenvalue weighted by Crippen LogP contribution is 2.21. The minimum Gasteiger partial charge on any atom is -0.484 e. The van der Waals surface area contributed by atoms with Crippen LogP contribution in [0.25, 0.3) is 0 Å². The summed E-state index contributed by atoms with van der Waals surface area (Å²) in [4.78, 5) is 14.3. The van der Waals surface area contributed by atoms with Gasteiger partial charge in [-0.25, -0.2) is 8.42 Å². The van der Waals surface area contributed by atoms with Gasteiger partial charge in [-0.2, -0.15) is 4.31 Å². The molecular formula is C19H21ClN2O4S. The van der Waals surface area contributed by atoms with Gasteiger partial charge in [0.25, 0.3) is 5.91 Å². The Morgan fingerprint density at radius 3 is 2.37 bits per heavy atom. The summed E-state index contributed by atoms with van der Waals surface area (Å²) in [5, 5.41) is 0.643. The summed E-state index contributed by atoms with van der Waals surface area (Å²) in [5.74, 6) is 0.412. The third-order valence-electron chi connectivity index (χ3n) is 4.46. The van der Waals surface area contributed by atoms with Crippen molar-refractivity contribution >= 4 is 27.5 Å². The normalized spacial score (nSPS) is 15.6. The maximum atomic E-state index is 12.6.